The molecule has 0 saturated carbocycles. The Morgan fingerprint density at radius 3 is 2.81 bits per heavy atom. The van der Waals surface area contributed by atoms with Gasteiger partial charge in [0.25, 0.3) is 5.91 Å². The number of carbonyl (C=O) groups excluding carboxylic acids is 1. The number of pyridine rings is 1. The lowest BCUT2D eigenvalue weighted by molar-refractivity contribution is -0.117. The number of rotatable bonds is 4. The molecule has 0 fully saturated rings. The molecule has 1 N–H and O–H groups in total. The van der Waals surface area contributed by atoms with E-state index in [9.17, 15) is 4.79 Å². The molecule has 1 aromatic carbocycles. The van der Waals surface area contributed by atoms with Crippen molar-refractivity contribution < 1.29 is 4.79 Å². The van der Waals surface area contributed by atoms with E-state index in [0.29, 0.717) is 6.54 Å². The second-order valence-electron chi connectivity index (χ2n) is 4.57. The first kappa shape index (κ1) is 14.5. The molecule has 0 aliphatic rings. The molecule has 0 spiro atoms. The number of nitrogens with one attached hydrogen (secondary N) is 1. The van der Waals surface area contributed by atoms with Crippen molar-refractivity contribution in [3.63, 3.8) is 0 Å². The largest absolute Gasteiger partial charge is 0.347 e. The summed E-state index contributed by atoms with van der Waals surface area (Å²) in [5, 5.41) is 11.9. The first-order valence-corrected chi connectivity index (χ1v) is 6.55. The first-order chi connectivity index (χ1) is 10.2. The van der Waals surface area contributed by atoms with Crippen LogP contribution >= 0.6 is 0 Å². The zero-order valence-electron chi connectivity index (χ0n) is 11.7. The molecule has 0 bridgehead atoms. The number of nitrogens with zero attached hydrogens (tertiary/aromatic N) is 2. The van der Waals surface area contributed by atoms with Gasteiger partial charge in [-0.05, 0) is 35.8 Å². The Kier molecular flexibility index (Phi) is 4.84. The Morgan fingerprint density at radius 1 is 1.33 bits per heavy atom. The van der Waals surface area contributed by atoms with Crippen molar-refractivity contribution >= 4 is 12.0 Å². The zero-order valence-corrected chi connectivity index (χ0v) is 11.7. The van der Waals surface area contributed by atoms with E-state index in [0.717, 1.165) is 16.7 Å². The Morgan fingerprint density at radius 2 is 2.14 bits per heavy atom. The lowest BCUT2D eigenvalue weighted by Gasteiger charge is -2.05. The van der Waals surface area contributed by atoms with Crippen LogP contribution in [0.2, 0.25) is 0 Å². The number of amides is 1. The number of benzene rings is 1. The summed E-state index contributed by atoms with van der Waals surface area (Å²) in [6.07, 6.45) is 4.95. The van der Waals surface area contributed by atoms with Crippen LogP contribution < -0.4 is 5.32 Å². The van der Waals surface area contributed by atoms with Gasteiger partial charge in [-0.3, -0.25) is 9.78 Å². The molecular formula is C17H15N3O. The third kappa shape index (κ3) is 4.02. The SMILES string of the molecule is Cc1ccccc1/C=C(\C#N)C(=O)NCc1cccnc1. The Hall–Kier alpha value is -2.93. The normalized spacial score (nSPS) is 10.8. The topological polar surface area (TPSA) is 65.8 Å². The molecule has 1 heterocycles. The number of aromatic nitrogens is 1. The highest BCUT2D eigenvalue weighted by Gasteiger charge is 2.09. The minimum Gasteiger partial charge on any atom is -0.347 e. The van der Waals surface area contributed by atoms with Crippen LogP contribution in [-0.2, 0) is 11.3 Å². The molecule has 0 radical (unpaired) electrons. The van der Waals surface area contributed by atoms with Gasteiger partial charge in [-0.25, -0.2) is 0 Å². The van der Waals surface area contributed by atoms with Crippen LogP contribution in [0.15, 0.2) is 54.4 Å². The van der Waals surface area contributed by atoms with E-state index in [1.807, 2.05) is 43.3 Å². The fourth-order valence-corrected chi connectivity index (χ4v) is 1.83. The third-order valence-corrected chi connectivity index (χ3v) is 3.03. The maximum absolute atomic E-state index is 12.0. The lowest BCUT2D eigenvalue weighted by atomic mass is 10.1. The highest BCUT2D eigenvalue weighted by molar-refractivity contribution is 6.01. The van der Waals surface area contributed by atoms with E-state index in [4.69, 9.17) is 5.26 Å². The average Bonchev–Trinajstić information content (AvgIpc) is 2.53. The van der Waals surface area contributed by atoms with E-state index >= 15 is 0 Å². The average molecular weight is 277 g/mol. The van der Waals surface area contributed by atoms with Gasteiger partial charge >= 0.3 is 0 Å². The molecule has 1 amide bonds. The summed E-state index contributed by atoms with van der Waals surface area (Å²) in [7, 11) is 0. The predicted molar refractivity (Wildman–Crippen MR) is 80.9 cm³/mol. The molecule has 21 heavy (non-hydrogen) atoms. The minimum atomic E-state index is -0.385. The minimum absolute atomic E-state index is 0.0909. The van der Waals surface area contributed by atoms with Gasteiger partial charge in [0.1, 0.15) is 11.6 Å². The molecule has 0 unspecified atom stereocenters. The molecule has 2 rings (SSSR count). The number of hydrogen-bond acceptors (Lipinski definition) is 3. The summed E-state index contributed by atoms with van der Waals surface area (Å²) < 4.78 is 0. The van der Waals surface area contributed by atoms with Crippen molar-refractivity contribution in [2.24, 2.45) is 0 Å². The first-order valence-electron chi connectivity index (χ1n) is 6.55. The number of carbonyl (C=O) groups is 1. The van der Waals surface area contributed by atoms with Gasteiger partial charge in [0.05, 0.1) is 0 Å². The van der Waals surface area contributed by atoms with E-state index in [2.05, 4.69) is 10.3 Å². The van der Waals surface area contributed by atoms with Gasteiger partial charge < -0.3 is 5.32 Å². The standard InChI is InChI=1S/C17H15N3O/c1-13-5-2-3-7-15(13)9-16(10-18)17(21)20-12-14-6-4-8-19-11-14/h2-9,11H,12H2,1H3,(H,20,21)/b16-9+. The quantitative estimate of drug-likeness (QED) is 0.690. The molecular weight excluding hydrogens is 262 g/mol. The highest BCUT2D eigenvalue weighted by atomic mass is 16.1. The van der Waals surface area contributed by atoms with Crippen LogP contribution in [0.5, 0.6) is 0 Å². The van der Waals surface area contributed by atoms with Crippen molar-refractivity contribution in [1.82, 2.24) is 10.3 Å². The fraction of sp³-hybridized carbons (Fsp3) is 0.118. The van der Waals surface area contributed by atoms with E-state index in [1.165, 1.54) is 0 Å². The van der Waals surface area contributed by atoms with Crippen LogP contribution in [-0.4, -0.2) is 10.9 Å². The van der Waals surface area contributed by atoms with Crippen LogP contribution in [0, 0.1) is 18.3 Å². The summed E-state index contributed by atoms with van der Waals surface area (Å²) in [4.78, 5) is 16.0. The fourth-order valence-electron chi connectivity index (χ4n) is 1.83. The smallest absolute Gasteiger partial charge is 0.262 e. The van der Waals surface area contributed by atoms with Gasteiger partial charge in [-0.1, -0.05) is 30.3 Å². The van der Waals surface area contributed by atoms with Crippen LogP contribution in [0.1, 0.15) is 16.7 Å². The molecule has 0 aliphatic carbocycles. The summed E-state index contributed by atoms with van der Waals surface area (Å²) in [5.74, 6) is -0.385. The van der Waals surface area contributed by atoms with E-state index in [-0.39, 0.29) is 11.5 Å². The van der Waals surface area contributed by atoms with Crippen LogP contribution in [0.3, 0.4) is 0 Å². The highest BCUT2D eigenvalue weighted by Crippen LogP contribution is 2.12. The Bertz CT molecular complexity index is 699. The maximum Gasteiger partial charge on any atom is 0.262 e. The number of aryl methyl sites for hydroxylation is 1. The summed E-state index contributed by atoms with van der Waals surface area (Å²) >= 11 is 0. The number of hydrogen-bond donors (Lipinski definition) is 1. The molecule has 1 aromatic heterocycles. The Balaban J connectivity index is 2.09. The molecule has 0 saturated heterocycles. The van der Waals surface area contributed by atoms with Gasteiger partial charge in [0.15, 0.2) is 0 Å². The zero-order chi connectivity index (χ0) is 15.1. The van der Waals surface area contributed by atoms with E-state index < -0.39 is 0 Å². The van der Waals surface area contributed by atoms with Crippen molar-refractivity contribution in [1.29, 1.82) is 5.26 Å². The predicted octanol–water partition coefficient (Wildman–Crippen LogP) is 2.61. The summed E-state index contributed by atoms with van der Waals surface area (Å²) in [6, 6.07) is 13.2. The van der Waals surface area contributed by atoms with Crippen molar-refractivity contribution in [2.75, 3.05) is 0 Å². The van der Waals surface area contributed by atoms with Gasteiger partial charge in [-0.15, -0.1) is 0 Å². The molecule has 0 atom stereocenters. The second-order valence-corrected chi connectivity index (χ2v) is 4.57. The van der Waals surface area contributed by atoms with Crippen molar-refractivity contribution in [3.05, 3.63) is 71.1 Å². The molecule has 4 nitrogen and oxygen atoms in total. The van der Waals surface area contributed by atoms with Gasteiger partial charge in [0, 0.05) is 18.9 Å². The second kappa shape index (κ2) is 7.01. The number of nitriles is 1. The molecule has 2 aromatic rings. The monoisotopic (exact) mass is 277 g/mol. The summed E-state index contributed by atoms with van der Waals surface area (Å²) in [6.45, 7) is 2.29. The van der Waals surface area contributed by atoms with Gasteiger partial charge in [0.2, 0.25) is 0 Å². The van der Waals surface area contributed by atoms with Crippen molar-refractivity contribution in [2.45, 2.75) is 13.5 Å². The maximum atomic E-state index is 12.0. The van der Waals surface area contributed by atoms with Crippen molar-refractivity contribution in [3.8, 4) is 6.07 Å². The Labute approximate surface area is 123 Å². The van der Waals surface area contributed by atoms with Crippen LogP contribution in [0.4, 0.5) is 0 Å². The van der Waals surface area contributed by atoms with E-state index in [1.54, 1.807) is 24.5 Å². The van der Waals surface area contributed by atoms with Crippen LogP contribution in [0.25, 0.3) is 6.08 Å². The molecule has 104 valence electrons. The van der Waals surface area contributed by atoms with Gasteiger partial charge in [-0.2, -0.15) is 5.26 Å². The molecule has 4 heteroatoms. The third-order valence-electron chi connectivity index (χ3n) is 3.03. The molecule has 0 aliphatic heterocycles. The summed E-state index contributed by atoms with van der Waals surface area (Å²) in [5.41, 5.74) is 2.86. The lowest BCUT2D eigenvalue weighted by Crippen LogP contribution is -2.24.